The van der Waals surface area contributed by atoms with E-state index in [0.717, 1.165) is 16.6 Å². The molecular formula is C16H23BFNO2S. The number of hydrogen-bond acceptors (Lipinski definition) is 4. The van der Waals surface area contributed by atoms with Gasteiger partial charge in [0.1, 0.15) is 5.82 Å². The molecule has 1 aliphatic heterocycles. The zero-order chi connectivity index (χ0) is 16.7. The second kappa shape index (κ2) is 5.91. The molecule has 1 aliphatic rings. The number of nitrogens with two attached hydrogens (primary N) is 1. The number of benzene rings is 1. The van der Waals surface area contributed by atoms with E-state index in [0.29, 0.717) is 5.75 Å². The minimum Gasteiger partial charge on any atom is -0.400 e. The van der Waals surface area contributed by atoms with Gasteiger partial charge in [-0.3, -0.25) is 0 Å². The smallest absolute Gasteiger partial charge is 0.400 e. The Morgan fingerprint density at radius 3 is 2.32 bits per heavy atom. The van der Waals surface area contributed by atoms with E-state index in [-0.39, 0.29) is 5.69 Å². The first kappa shape index (κ1) is 17.4. The van der Waals surface area contributed by atoms with Crippen molar-refractivity contribution < 1.29 is 13.7 Å². The zero-order valence-electron chi connectivity index (χ0n) is 13.7. The summed E-state index contributed by atoms with van der Waals surface area (Å²) in [5, 5.41) is 0. The molecule has 6 heteroatoms. The molecule has 1 fully saturated rings. The van der Waals surface area contributed by atoms with E-state index < -0.39 is 24.1 Å². The highest BCUT2D eigenvalue weighted by Crippen LogP contribution is 2.39. The van der Waals surface area contributed by atoms with Crippen molar-refractivity contribution >= 4 is 31.5 Å². The van der Waals surface area contributed by atoms with E-state index in [1.807, 2.05) is 40.7 Å². The molecule has 22 heavy (non-hydrogen) atoms. The first-order valence-electron chi connectivity index (χ1n) is 7.30. The normalized spacial score (nSPS) is 20.5. The van der Waals surface area contributed by atoms with Crippen LogP contribution in [-0.2, 0) is 9.31 Å². The van der Waals surface area contributed by atoms with Crippen LogP contribution in [0.15, 0.2) is 17.6 Å². The Morgan fingerprint density at radius 1 is 1.27 bits per heavy atom. The monoisotopic (exact) mass is 323 g/mol. The molecule has 0 aromatic heterocycles. The van der Waals surface area contributed by atoms with Crippen LogP contribution in [0.25, 0.3) is 6.08 Å². The van der Waals surface area contributed by atoms with E-state index >= 15 is 0 Å². The highest BCUT2D eigenvalue weighted by atomic mass is 32.1. The molecule has 0 aliphatic carbocycles. The third-order valence-corrected chi connectivity index (χ3v) is 4.83. The molecule has 0 unspecified atom stereocenters. The van der Waals surface area contributed by atoms with Crippen molar-refractivity contribution in [3.8, 4) is 0 Å². The zero-order valence-corrected chi connectivity index (χ0v) is 14.6. The molecule has 3 nitrogen and oxygen atoms in total. The van der Waals surface area contributed by atoms with Crippen LogP contribution >= 0.6 is 12.6 Å². The van der Waals surface area contributed by atoms with Crippen molar-refractivity contribution in [3.63, 3.8) is 0 Å². The van der Waals surface area contributed by atoms with Gasteiger partial charge in [-0.25, -0.2) is 4.39 Å². The van der Waals surface area contributed by atoms with Gasteiger partial charge in [0.15, 0.2) is 0 Å². The lowest BCUT2D eigenvalue weighted by Crippen LogP contribution is -2.41. The van der Waals surface area contributed by atoms with Crippen molar-refractivity contribution in [1.29, 1.82) is 0 Å². The van der Waals surface area contributed by atoms with E-state index in [4.69, 9.17) is 15.0 Å². The topological polar surface area (TPSA) is 44.5 Å². The number of rotatable bonds is 3. The molecule has 0 bridgehead atoms. The Balaban J connectivity index is 2.36. The van der Waals surface area contributed by atoms with E-state index in [1.54, 1.807) is 6.07 Å². The lowest BCUT2D eigenvalue weighted by atomic mass is 9.78. The van der Waals surface area contributed by atoms with E-state index in [1.165, 1.54) is 6.07 Å². The van der Waals surface area contributed by atoms with Gasteiger partial charge in [0.25, 0.3) is 0 Å². The Morgan fingerprint density at radius 2 is 1.82 bits per heavy atom. The summed E-state index contributed by atoms with van der Waals surface area (Å²) in [6, 6.07) is 3.06. The van der Waals surface area contributed by atoms with Gasteiger partial charge < -0.3 is 15.0 Å². The Labute approximate surface area is 137 Å². The molecule has 0 amide bonds. The van der Waals surface area contributed by atoms with Gasteiger partial charge in [-0.15, -0.1) is 0 Å². The van der Waals surface area contributed by atoms with Crippen molar-refractivity contribution in [2.24, 2.45) is 0 Å². The van der Waals surface area contributed by atoms with E-state index in [9.17, 15) is 4.39 Å². The molecule has 0 radical (unpaired) electrons. The van der Waals surface area contributed by atoms with Crippen molar-refractivity contribution in [3.05, 3.63) is 34.5 Å². The number of thiol groups is 1. The highest BCUT2D eigenvalue weighted by Gasteiger charge is 2.52. The van der Waals surface area contributed by atoms with Crippen LogP contribution in [0.4, 0.5) is 10.1 Å². The number of anilines is 1. The van der Waals surface area contributed by atoms with Crippen molar-refractivity contribution in [2.45, 2.75) is 45.8 Å². The van der Waals surface area contributed by atoms with Gasteiger partial charge in [-0.05, 0) is 63.4 Å². The number of hydrogen-bond donors (Lipinski definition) is 2. The maximum Gasteiger partial charge on any atom is 0.491 e. The molecule has 2 N–H and O–H groups in total. The summed E-state index contributed by atoms with van der Waals surface area (Å²) in [6.45, 7) is 9.88. The van der Waals surface area contributed by atoms with E-state index in [2.05, 4.69) is 12.6 Å². The largest absolute Gasteiger partial charge is 0.491 e. The van der Waals surface area contributed by atoms with Crippen LogP contribution < -0.4 is 5.73 Å². The molecule has 0 atom stereocenters. The van der Waals surface area contributed by atoms with Crippen LogP contribution in [0, 0.1) is 12.7 Å². The Bertz CT molecular complexity index is 600. The maximum atomic E-state index is 13.7. The summed E-state index contributed by atoms with van der Waals surface area (Å²) in [7, 11) is -0.484. The molecular weight excluding hydrogens is 300 g/mol. The molecule has 120 valence electrons. The third-order valence-electron chi connectivity index (χ3n) is 4.46. The summed E-state index contributed by atoms with van der Waals surface area (Å²) in [5.41, 5.74) is 7.41. The predicted octanol–water partition coefficient (Wildman–Crippen LogP) is 3.66. The van der Waals surface area contributed by atoms with Crippen LogP contribution in [-0.4, -0.2) is 24.1 Å². The molecule has 1 aromatic rings. The Kier molecular flexibility index (Phi) is 4.67. The summed E-state index contributed by atoms with van der Waals surface area (Å²) >= 11 is 4.37. The second-order valence-corrected chi connectivity index (χ2v) is 7.01. The molecule has 1 aromatic carbocycles. The third kappa shape index (κ3) is 3.19. The molecule has 0 saturated carbocycles. The number of nitrogen functional groups attached to an aromatic ring is 1. The summed E-state index contributed by atoms with van der Waals surface area (Å²) in [6.07, 6.45) is 1.87. The van der Waals surface area contributed by atoms with Crippen LogP contribution in [0.3, 0.4) is 0 Å². The van der Waals surface area contributed by atoms with Gasteiger partial charge in [0, 0.05) is 5.75 Å². The first-order valence-corrected chi connectivity index (χ1v) is 7.93. The average Bonchev–Trinajstić information content (AvgIpc) is 2.61. The average molecular weight is 323 g/mol. The molecule has 1 heterocycles. The number of halogens is 1. The SMILES string of the molecule is Cc1cc(N)c(F)cc1C=C(CS)B1OC(C)(C)C(C)(C)O1. The standard InChI is InChI=1S/C16H23BFNO2S/c1-10-6-14(19)13(18)8-11(10)7-12(9-22)17-20-15(2,3)16(4,5)21-17/h6-8,22H,9,19H2,1-5H3. The summed E-state index contributed by atoms with van der Waals surface area (Å²) < 4.78 is 25.8. The predicted molar refractivity (Wildman–Crippen MR) is 93.5 cm³/mol. The second-order valence-electron chi connectivity index (χ2n) is 6.70. The quantitative estimate of drug-likeness (QED) is 0.507. The van der Waals surface area contributed by atoms with Gasteiger partial charge in [-0.2, -0.15) is 12.6 Å². The maximum absolute atomic E-state index is 13.7. The fraction of sp³-hybridized carbons (Fsp3) is 0.500. The van der Waals surface area contributed by atoms with Crippen LogP contribution in [0.5, 0.6) is 0 Å². The number of aryl methyl sites for hydroxylation is 1. The van der Waals surface area contributed by atoms with Gasteiger partial charge >= 0.3 is 7.12 Å². The van der Waals surface area contributed by atoms with Gasteiger partial charge in [0.05, 0.1) is 16.9 Å². The summed E-state index contributed by atoms with van der Waals surface area (Å²) in [4.78, 5) is 0. The Hall–Kier alpha value is -0.975. The molecule has 0 spiro atoms. The lowest BCUT2D eigenvalue weighted by Gasteiger charge is -2.32. The van der Waals surface area contributed by atoms with Crippen molar-refractivity contribution in [2.75, 3.05) is 11.5 Å². The van der Waals surface area contributed by atoms with Gasteiger partial charge in [0.2, 0.25) is 0 Å². The van der Waals surface area contributed by atoms with Gasteiger partial charge in [-0.1, -0.05) is 6.08 Å². The minimum atomic E-state index is -0.484. The molecule has 1 saturated heterocycles. The highest BCUT2D eigenvalue weighted by molar-refractivity contribution is 7.80. The fourth-order valence-corrected chi connectivity index (χ4v) is 2.50. The molecule has 2 rings (SSSR count). The minimum absolute atomic E-state index is 0.151. The lowest BCUT2D eigenvalue weighted by molar-refractivity contribution is 0.00578. The fourth-order valence-electron chi connectivity index (χ4n) is 2.26. The van der Waals surface area contributed by atoms with Crippen molar-refractivity contribution in [1.82, 2.24) is 0 Å². The van der Waals surface area contributed by atoms with Crippen LogP contribution in [0.1, 0.15) is 38.8 Å². The summed E-state index contributed by atoms with van der Waals surface area (Å²) in [5.74, 6) is 0.0340. The first-order chi connectivity index (χ1) is 10.1. The van der Waals surface area contributed by atoms with Crippen LogP contribution in [0.2, 0.25) is 0 Å².